The van der Waals surface area contributed by atoms with Crippen LogP contribution in [0.25, 0.3) is 0 Å². The van der Waals surface area contributed by atoms with Crippen LogP contribution in [0, 0.1) is 0 Å². The fourth-order valence-electron chi connectivity index (χ4n) is 2.96. The van der Waals surface area contributed by atoms with Crippen molar-refractivity contribution in [2.45, 2.75) is 39.2 Å². The van der Waals surface area contributed by atoms with Gasteiger partial charge in [-0.1, -0.05) is 0 Å². The Morgan fingerprint density at radius 1 is 1.24 bits per heavy atom. The van der Waals surface area contributed by atoms with Crippen molar-refractivity contribution in [2.24, 2.45) is 4.99 Å². The van der Waals surface area contributed by atoms with Crippen LogP contribution in [0.2, 0.25) is 0 Å². The van der Waals surface area contributed by atoms with Crippen LogP contribution in [0.3, 0.4) is 0 Å². The molecule has 2 aliphatic rings. The summed E-state index contributed by atoms with van der Waals surface area (Å²) in [6.07, 6.45) is 2.59. The molecule has 0 unspecified atom stereocenters. The number of hydrogen-bond acceptors (Lipinski definition) is 3. The van der Waals surface area contributed by atoms with Crippen LogP contribution in [0.1, 0.15) is 33.6 Å². The zero-order valence-electron chi connectivity index (χ0n) is 13.7. The van der Waals surface area contributed by atoms with Crippen LogP contribution >= 0.6 is 24.0 Å². The zero-order valence-corrected chi connectivity index (χ0v) is 16.1. The van der Waals surface area contributed by atoms with Crippen molar-refractivity contribution < 1.29 is 4.74 Å². The maximum absolute atomic E-state index is 5.74. The standard InChI is InChI=1S/C15H30N4O.HI/c1-4-16-14(19-8-5-6-9-19)17-7-10-18-11-12-20-15(2,3)13-18;/h4-13H2,1-3H3,(H,16,17);1H. The van der Waals surface area contributed by atoms with Crippen molar-refractivity contribution in [3.63, 3.8) is 0 Å². The highest BCUT2D eigenvalue weighted by molar-refractivity contribution is 14.0. The van der Waals surface area contributed by atoms with E-state index >= 15 is 0 Å². The molecule has 0 amide bonds. The zero-order chi connectivity index (χ0) is 14.4. The van der Waals surface area contributed by atoms with Gasteiger partial charge in [0.1, 0.15) is 0 Å². The molecule has 0 aromatic rings. The molecule has 6 heteroatoms. The summed E-state index contributed by atoms with van der Waals surface area (Å²) in [5.74, 6) is 1.09. The molecule has 0 spiro atoms. The van der Waals surface area contributed by atoms with E-state index in [4.69, 9.17) is 9.73 Å². The molecule has 2 fully saturated rings. The van der Waals surface area contributed by atoms with Gasteiger partial charge >= 0.3 is 0 Å². The number of nitrogens with zero attached hydrogens (tertiary/aromatic N) is 3. The van der Waals surface area contributed by atoms with Gasteiger partial charge in [-0.25, -0.2) is 0 Å². The fraction of sp³-hybridized carbons (Fsp3) is 0.933. The number of ether oxygens (including phenoxy) is 1. The molecule has 124 valence electrons. The second-order valence-corrected chi connectivity index (χ2v) is 6.31. The first kappa shape index (κ1) is 19.0. The first-order valence-corrected chi connectivity index (χ1v) is 8.00. The molecular weight excluding hydrogens is 379 g/mol. The number of nitrogens with one attached hydrogen (secondary N) is 1. The summed E-state index contributed by atoms with van der Waals surface area (Å²) in [4.78, 5) is 9.63. The lowest BCUT2D eigenvalue weighted by Gasteiger charge is -2.37. The van der Waals surface area contributed by atoms with Gasteiger partial charge in [0.25, 0.3) is 0 Å². The quantitative estimate of drug-likeness (QED) is 0.436. The largest absolute Gasteiger partial charge is 0.373 e. The Kier molecular flexibility index (Phi) is 8.26. The summed E-state index contributed by atoms with van der Waals surface area (Å²) < 4.78 is 5.74. The van der Waals surface area contributed by atoms with E-state index in [9.17, 15) is 0 Å². The van der Waals surface area contributed by atoms with Crippen molar-refractivity contribution in [1.82, 2.24) is 15.1 Å². The molecule has 5 nitrogen and oxygen atoms in total. The molecule has 0 atom stereocenters. The summed E-state index contributed by atoms with van der Waals surface area (Å²) >= 11 is 0. The molecule has 21 heavy (non-hydrogen) atoms. The van der Waals surface area contributed by atoms with Gasteiger partial charge in [-0.3, -0.25) is 9.89 Å². The number of rotatable bonds is 4. The van der Waals surface area contributed by atoms with E-state index in [0.29, 0.717) is 0 Å². The average molecular weight is 410 g/mol. The number of likely N-dealkylation sites (tertiary alicyclic amines) is 1. The molecule has 0 aromatic heterocycles. The van der Waals surface area contributed by atoms with E-state index in [-0.39, 0.29) is 29.6 Å². The van der Waals surface area contributed by atoms with Crippen LogP contribution in [0.4, 0.5) is 0 Å². The highest BCUT2D eigenvalue weighted by Crippen LogP contribution is 2.15. The smallest absolute Gasteiger partial charge is 0.193 e. The Morgan fingerprint density at radius 3 is 2.57 bits per heavy atom. The molecule has 0 aromatic carbocycles. The summed E-state index contributed by atoms with van der Waals surface area (Å²) in [6.45, 7) is 14.5. The Labute approximate surface area is 146 Å². The van der Waals surface area contributed by atoms with Crippen LogP contribution in [-0.4, -0.2) is 73.8 Å². The van der Waals surface area contributed by atoms with E-state index in [2.05, 4.69) is 35.9 Å². The second-order valence-electron chi connectivity index (χ2n) is 6.31. The molecule has 0 aliphatic carbocycles. The van der Waals surface area contributed by atoms with E-state index in [1.807, 2.05) is 0 Å². The lowest BCUT2D eigenvalue weighted by atomic mass is 10.1. The third-order valence-corrected chi connectivity index (χ3v) is 3.92. The molecule has 0 bridgehead atoms. The maximum atomic E-state index is 5.74. The van der Waals surface area contributed by atoms with Crippen LogP contribution in [0.15, 0.2) is 4.99 Å². The van der Waals surface area contributed by atoms with Crippen molar-refractivity contribution in [1.29, 1.82) is 0 Å². The molecule has 0 radical (unpaired) electrons. The van der Waals surface area contributed by atoms with E-state index in [0.717, 1.165) is 58.4 Å². The first-order chi connectivity index (χ1) is 9.61. The van der Waals surface area contributed by atoms with Gasteiger partial charge < -0.3 is 15.0 Å². The van der Waals surface area contributed by atoms with Crippen LogP contribution < -0.4 is 5.32 Å². The van der Waals surface area contributed by atoms with Gasteiger partial charge in [0.15, 0.2) is 5.96 Å². The van der Waals surface area contributed by atoms with Crippen molar-refractivity contribution in [2.75, 3.05) is 52.4 Å². The third kappa shape index (κ3) is 6.28. The maximum Gasteiger partial charge on any atom is 0.193 e. The average Bonchev–Trinajstić information content (AvgIpc) is 2.90. The molecule has 2 saturated heterocycles. The molecular formula is C15H31IN4O. The predicted octanol–water partition coefficient (Wildman–Crippen LogP) is 1.78. The minimum atomic E-state index is -0.0125. The number of guanidine groups is 1. The molecule has 2 rings (SSSR count). The highest BCUT2D eigenvalue weighted by Gasteiger charge is 2.26. The minimum Gasteiger partial charge on any atom is -0.373 e. The summed E-state index contributed by atoms with van der Waals surface area (Å²) in [5, 5.41) is 3.41. The Balaban J connectivity index is 0.00000220. The Hall–Kier alpha value is -0.0800. The Bertz CT molecular complexity index is 330. The van der Waals surface area contributed by atoms with E-state index in [1.54, 1.807) is 0 Å². The monoisotopic (exact) mass is 410 g/mol. The summed E-state index contributed by atoms with van der Waals surface area (Å²) in [7, 11) is 0. The SMILES string of the molecule is CCNC(=NCCN1CCOC(C)(C)C1)N1CCCC1.I. The molecule has 0 saturated carbocycles. The third-order valence-electron chi connectivity index (χ3n) is 3.92. The van der Waals surface area contributed by atoms with Gasteiger partial charge in [0, 0.05) is 39.3 Å². The highest BCUT2D eigenvalue weighted by atomic mass is 127. The van der Waals surface area contributed by atoms with Crippen molar-refractivity contribution >= 4 is 29.9 Å². The topological polar surface area (TPSA) is 40.1 Å². The number of hydrogen-bond donors (Lipinski definition) is 1. The van der Waals surface area contributed by atoms with E-state index in [1.165, 1.54) is 12.8 Å². The lowest BCUT2D eigenvalue weighted by Crippen LogP contribution is -2.49. The number of morpholine rings is 1. The first-order valence-electron chi connectivity index (χ1n) is 8.00. The van der Waals surface area contributed by atoms with Gasteiger partial charge in [0.2, 0.25) is 0 Å². The van der Waals surface area contributed by atoms with Crippen LogP contribution in [0.5, 0.6) is 0 Å². The van der Waals surface area contributed by atoms with Crippen LogP contribution in [-0.2, 0) is 4.74 Å². The minimum absolute atomic E-state index is 0. The van der Waals surface area contributed by atoms with Gasteiger partial charge in [-0.05, 0) is 33.6 Å². The molecule has 2 heterocycles. The van der Waals surface area contributed by atoms with Gasteiger partial charge in [-0.2, -0.15) is 0 Å². The fourth-order valence-corrected chi connectivity index (χ4v) is 2.96. The number of halogens is 1. The Morgan fingerprint density at radius 2 is 1.95 bits per heavy atom. The van der Waals surface area contributed by atoms with E-state index < -0.39 is 0 Å². The van der Waals surface area contributed by atoms with Crippen molar-refractivity contribution in [3.05, 3.63) is 0 Å². The lowest BCUT2D eigenvalue weighted by molar-refractivity contribution is -0.0850. The molecule has 2 aliphatic heterocycles. The van der Waals surface area contributed by atoms with Crippen molar-refractivity contribution in [3.8, 4) is 0 Å². The normalized spacial score (nSPS) is 23.0. The molecule has 1 N–H and O–H groups in total. The second kappa shape index (κ2) is 9.15. The van der Waals surface area contributed by atoms with Gasteiger partial charge in [0.05, 0.1) is 18.8 Å². The summed E-state index contributed by atoms with van der Waals surface area (Å²) in [6, 6.07) is 0. The summed E-state index contributed by atoms with van der Waals surface area (Å²) in [5.41, 5.74) is -0.0125. The number of aliphatic imine (C=N–C) groups is 1. The van der Waals surface area contributed by atoms with Gasteiger partial charge in [-0.15, -0.1) is 24.0 Å². The predicted molar refractivity (Wildman–Crippen MR) is 98.7 cm³/mol.